The van der Waals surface area contributed by atoms with Gasteiger partial charge in [0.25, 0.3) is 0 Å². The zero-order valence-corrected chi connectivity index (χ0v) is 13.6. The molecule has 3 rings (SSSR count). The molecule has 122 valence electrons. The third-order valence-corrected chi connectivity index (χ3v) is 3.58. The maximum absolute atomic E-state index is 5.91. The molecule has 0 bridgehead atoms. The summed E-state index contributed by atoms with van der Waals surface area (Å²) in [4.78, 5) is 0. The Hall–Kier alpha value is -3.15. The third-order valence-electron chi connectivity index (χ3n) is 3.58. The second-order valence-corrected chi connectivity index (χ2v) is 5.21. The van der Waals surface area contributed by atoms with E-state index in [1.165, 1.54) is 22.9 Å². The van der Waals surface area contributed by atoms with Crippen LogP contribution in [0.3, 0.4) is 0 Å². The number of rotatable bonds is 6. The van der Waals surface area contributed by atoms with Crippen LogP contribution in [0.15, 0.2) is 60.2 Å². The van der Waals surface area contributed by atoms with Gasteiger partial charge in [-0.2, -0.15) is 5.10 Å². The van der Waals surface area contributed by atoms with E-state index in [0.717, 1.165) is 11.1 Å². The first kappa shape index (κ1) is 15.7. The summed E-state index contributed by atoms with van der Waals surface area (Å²) in [6, 6.07) is 13.8. The molecule has 3 aromatic rings. The number of ether oxygens (including phenoxy) is 2. The van der Waals surface area contributed by atoms with Crippen LogP contribution in [-0.2, 0) is 6.61 Å². The number of aryl methyl sites for hydroxylation is 1. The van der Waals surface area contributed by atoms with Gasteiger partial charge < -0.3 is 9.47 Å². The first-order valence-corrected chi connectivity index (χ1v) is 7.50. The number of aromatic nitrogens is 3. The van der Waals surface area contributed by atoms with Crippen molar-refractivity contribution < 1.29 is 9.47 Å². The fourth-order valence-corrected chi connectivity index (χ4v) is 2.20. The van der Waals surface area contributed by atoms with Crippen LogP contribution in [0.5, 0.6) is 11.5 Å². The molecule has 0 aliphatic rings. The molecule has 6 nitrogen and oxygen atoms in total. The van der Waals surface area contributed by atoms with Gasteiger partial charge in [-0.05, 0) is 41.8 Å². The smallest absolute Gasteiger partial charge is 0.161 e. The van der Waals surface area contributed by atoms with Crippen LogP contribution < -0.4 is 9.47 Å². The number of hydrogen-bond acceptors (Lipinski definition) is 5. The normalized spacial score (nSPS) is 10.9. The second-order valence-electron chi connectivity index (χ2n) is 5.21. The molecule has 0 fully saturated rings. The highest BCUT2D eigenvalue weighted by Gasteiger charge is 2.06. The van der Waals surface area contributed by atoms with Crippen LogP contribution in [0.25, 0.3) is 0 Å². The highest BCUT2D eigenvalue weighted by Crippen LogP contribution is 2.28. The van der Waals surface area contributed by atoms with E-state index in [1.807, 2.05) is 30.3 Å². The Morgan fingerprint density at radius 1 is 1.08 bits per heavy atom. The SMILES string of the molecule is COc1cc(/C=N/n2cnnc2)ccc1OCc1ccccc1C. The monoisotopic (exact) mass is 322 g/mol. The Labute approximate surface area is 140 Å². The molecule has 24 heavy (non-hydrogen) atoms. The van der Waals surface area contributed by atoms with Crippen LogP contribution >= 0.6 is 0 Å². The Balaban J connectivity index is 1.73. The van der Waals surface area contributed by atoms with Gasteiger partial charge in [-0.3, -0.25) is 0 Å². The molecule has 0 spiro atoms. The summed E-state index contributed by atoms with van der Waals surface area (Å²) in [5.74, 6) is 1.36. The van der Waals surface area contributed by atoms with Crippen molar-refractivity contribution in [3.63, 3.8) is 0 Å². The first-order chi connectivity index (χ1) is 11.8. The minimum absolute atomic E-state index is 0.497. The fraction of sp³-hybridized carbons (Fsp3) is 0.167. The predicted octanol–water partition coefficient (Wildman–Crippen LogP) is 3.06. The predicted molar refractivity (Wildman–Crippen MR) is 91.5 cm³/mol. The molecule has 0 aliphatic carbocycles. The summed E-state index contributed by atoms with van der Waals surface area (Å²) in [6.45, 7) is 2.57. The Morgan fingerprint density at radius 3 is 2.62 bits per heavy atom. The highest BCUT2D eigenvalue weighted by molar-refractivity contribution is 5.80. The summed E-state index contributed by atoms with van der Waals surface area (Å²) >= 11 is 0. The molecule has 0 radical (unpaired) electrons. The van der Waals surface area contributed by atoms with Crippen LogP contribution in [0, 0.1) is 6.92 Å². The minimum Gasteiger partial charge on any atom is -0.493 e. The molecule has 0 saturated carbocycles. The summed E-state index contributed by atoms with van der Waals surface area (Å²) in [7, 11) is 1.62. The molecule has 0 aliphatic heterocycles. The highest BCUT2D eigenvalue weighted by atomic mass is 16.5. The van der Waals surface area contributed by atoms with Crippen molar-refractivity contribution in [1.82, 2.24) is 14.9 Å². The summed E-state index contributed by atoms with van der Waals surface area (Å²) in [5, 5.41) is 11.6. The van der Waals surface area contributed by atoms with Crippen molar-refractivity contribution in [3.05, 3.63) is 71.8 Å². The lowest BCUT2D eigenvalue weighted by molar-refractivity contribution is 0.284. The lowest BCUT2D eigenvalue weighted by Crippen LogP contribution is -2.00. The van der Waals surface area contributed by atoms with Gasteiger partial charge >= 0.3 is 0 Å². The maximum Gasteiger partial charge on any atom is 0.161 e. The van der Waals surface area contributed by atoms with Crippen molar-refractivity contribution in [3.8, 4) is 11.5 Å². The average molecular weight is 322 g/mol. The number of hydrogen-bond donors (Lipinski definition) is 0. The lowest BCUT2D eigenvalue weighted by Gasteiger charge is -2.12. The second kappa shape index (κ2) is 7.41. The number of benzene rings is 2. The van der Waals surface area contributed by atoms with Crippen LogP contribution in [0.1, 0.15) is 16.7 Å². The van der Waals surface area contributed by atoms with E-state index in [0.29, 0.717) is 18.1 Å². The first-order valence-electron chi connectivity index (χ1n) is 7.50. The Kier molecular flexibility index (Phi) is 4.86. The minimum atomic E-state index is 0.497. The summed E-state index contributed by atoms with van der Waals surface area (Å²) < 4.78 is 12.9. The molecule has 1 heterocycles. The van der Waals surface area contributed by atoms with Crippen molar-refractivity contribution in [2.24, 2.45) is 5.10 Å². The van der Waals surface area contributed by atoms with E-state index in [4.69, 9.17) is 9.47 Å². The van der Waals surface area contributed by atoms with Gasteiger partial charge in [0.15, 0.2) is 11.5 Å². The van der Waals surface area contributed by atoms with Crippen LogP contribution in [0.4, 0.5) is 0 Å². The van der Waals surface area contributed by atoms with Gasteiger partial charge in [-0.25, -0.2) is 4.68 Å². The molecular weight excluding hydrogens is 304 g/mol. The maximum atomic E-state index is 5.91. The van der Waals surface area contributed by atoms with Gasteiger partial charge in [0.05, 0.1) is 13.3 Å². The van der Waals surface area contributed by atoms with Gasteiger partial charge in [0.2, 0.25) is 0 Å². The molecule has 0 N–H and O–H groups in total. The largest absolute Gasteiger partial charge is 0.493 e. The lowest BCUT2D eigenvalue weighted by atomic mass is 10.1. The van der Waals surface area contributed by atoms with Crippen LogP contribution in [-0.4, -0.2) is 28.2 Å². The number of nitrogens with zero attached hydrogens (tertiary/aromatic N) is 4. The molecule has 0 saturated heterocycles. The quantitative estimate of drug-likeness (QED) is 0.654. The van der Waals surface area contributed by atoms with E-state index in [1.54, 1.807) is 13.3 Å². The van der Waals surface area contributed by atoms with E-state index >= 15 is 0 Å². The molecule has 6 heteroatoms. The van der Waals surface area contributed by atoms with Crippen molar-refractivity contribution >= 4 is 6.21 Å². The van der Waals surface area contributed by atoms with Crippen LogP contribution in [0.2, 0.25) is 0 Å². The number of methoxy groups -OCH3 is 1. The van der Waals surface area contributed by atoms with Gasteiger partial charge in [0.1, 0.15) is 19.3 Å². The Morgan fingerprint density at radius 2 is 1.88 bits per heavy atom. The average Bonchev–Trinajstić information content (AvgIpc) is 3.13. The van der Waals surface area contributed by atoms with Gasteiger partial charge in [-0.15, -0.1) is 10.2 Å². The van der Waals surface area contributed by atoms with E-state index in [-0.39, 0.29) is 0 Å². The van der Waals surface area contributed by atoms with Crippen molar-refractivity contribution in [1.29, 1.82) is 0 Å². The van der Waals surface area contributed by atoms with Crippen molar-refractivity contribution in [2.45, 2.75) is 13.5 Å². The molecule has 0 amide bonds. The third kappa shape index (κ3) is 3.78. The Bertz CT molecular complexity index is 829. The zero-order chi connectivity index (χ0) is 16.8. The zero-order valence-electron chi connectivity index (χ0n) is 13.6. The standard InChI is InChI=1S/C18H18N4O2/c1-14-5-3-4-6-16(14)11-24-17-8-7-15(9-18(17)23-2)10-21-22-12-19-20-13-22/h3-10,12-13H,11H2,1-2H3/b21-10+. The molecule has 0 unspecified atom stereocenters. The van der Waals surface area contributed by atoms with E-state index in [2.05, 4.69) is 34.4 Å². The van der Waals surface area contributed by atoms with Gasteiger partial charge in [0, 0.05) is 0 Å². The molecule has 1 aromatic heterocycles. The molecular formula is C18H18N4O2. The fourth-order valence-electron chi connectivity index (χ4n) is 2.20. The summed E-state index contributed by atoms with van der Waals surface area (Å²) in [5.41, 5.74) is 3.25. The van der Waals surface area contributed by atoms with E-state index in [9.17, 15) is 0 Å². The topological polar surface area (TPSA) is 61.5 Å². The van der Waals surface area contributed by atoms with Crippen molar-refractivity contribution in [2.75, 3.05) is 7.11 Å². The van der Waals surface area contributed by atoms with Gasteiger partial charge in [-0.1, -0.05) is 24.3 Å². The molecule has 0 atom stereocenters. The van der Waals surface area contributed by atoms with E-state index < -0.39 is 0 Å². The summed E-state index contributed by atoms with van der Waals surface area (Å²) in [6.07, 6.45) is 4.75. The molecule has 2 aromatic carbocycles.